The number of carbonyl (C=O) groups is 1. The van der Waals surface area contributed by atoms with Crippen LogP contribution in [0.3, 0.4) is 0 Å². The molecule has 2 aromatic carbocycles. The molecule has 4 heteroatoms. The number of hydrogen-bond donors (Lipinski definition) is 0. The Kier molecular flexibility index (Phi) is 6.38. The smallest absolute Gasteiger partial charge is 0.219 e. The van der Waals surface area contributed by atoms with E-state index in [1.165, 1.54) is 29.7 Å². The van der Waals surface area contributed by atoms with Gasteiger partial charge in [-0.15, -0.1) is 0 Å². The molecule has 0 radical (unpaired) electrons. The van der Waals surface area contributed by atoms with Gasteiger partial charge in [-0.25, -0.2) is 0 Å². The largest absolute Gasteiger partial charge is 0.494 e. The van der Waals surface area contributed by atoms with Crippen LogP contribution in [0.25, 0.3) is 0 Å². The van der Waals surface area contributed by atoms with E-state index in [-0.39, 0.29) is 5.91 Å². The Balaban J connectivity index is 1.55. The summed E-state index contributed by atoms with van der Waals surface area (Å²) in [5.74, 6) is 1.67. The normalized spacial score (nSPS) is 14.9. The minimum absolute atomic E-state index is 0.0930. The fraction of sp³-hybridized carbons (Fsp3) is 0.435. The van der Waals surface area contributed by atoms with Crippen LogP contribution in [0.1, 0.15) is 43.7 Å². The second-order valence-electron chi connectivity index (χ2n) is 7.30. The summed E-state index contributed by atoms with van der Waals surface area (Å²) in [5.41, 5.74) is 3.86. The number of rotatable bonds is 6. The van der Waals surface area contributed by atoms with E-state index in [4.69, 9.17) is 4.74 Å². The first-order valence-electron chi connectivity index (χ1n) is 9.85. The average Bonchev–Trinajstić information content (AvgIpc) is 2.69. The first-order chi connectivity index (χ1) is 13.1. The van der Waals surface area contributed by atoms with Gasteiger partial charge in [0.1, 0.15) is 5.75 Å². The molecule has 0 saturated carbocycles. The highest BCUT2D eigenvalue weighted by molar-refractivity contribution is 5.72. The Morgan fingerprint density at radius 1 is 1.07 bits per heavy atom. The van der Waals surface area contributed by atoms with Gasteiger partial charge in [-0.05, 0) is 61.1 Å². The average molecular weight is 367 g/mol. The third-order valence-corrected chi connectivity index (χ3v) is 5.42. The van der Waals surface area contributed by atoms with Crippen LogP contribution in [0, 0.1) is 0 Å². The van der Waals surface area contributed by atoms with E-state index in [2.05, 4.69) is 53.4 Å². The maximum Gasteiger partial charge on any atom is 0.219 e. The van der Waals surface area contributed by atoms with Gasteiger partial charge in [0, 0.05) is 39.3 Å². The molecule has 1 aliphatic rings. The van der Waals surface area contributed by atoms with Crippen LogP contribution in [-0.4, -0.2) is 37.6 Å². The number of anilines is 1. The molecule has 0 aliphatic carbocycles. The second kappa shape index (κ2) is 8.94. The number of hydrogen-bond acceptors (Lipinski definition) is 3. The molecule has 27 heavy (non-hydrogen) atoms. The Bertz CT molecular complexity index is 732. The van der Waals surface area contributed by atoms with E-state index in [1.54, 1.807) is 11.8 Å². The summed E-state index contributed by atoms with van der Waals surface area (Å²) in [7, 11) is 1.84. The molecule has 1 saturated heterocycles. The minimum atomic E-state index is 0.0930. The molecular weight excluding hydrogens is 336 g/mol. The molecule has 4 nitrogen and oxygen atoms in total. The van der Waals surface area contributed by atoms with Crippen LogP contribution >= 0.6 is 0 Å². The van der Waals surface area contributed by atoms with Gasteiger partial charge < -0.3 is 14.5 Å². The summed E-state index contributed by atoms with van der Waals surface area (Å²) in [6.07, 6.45) is 2.34. The number of ether oxygens (including phenoxy) is 1. The first-order valence-corrected chi connectivity index (χ1v) is 9.85. The number of benzene rings is 2. The third kappa shape index (κ3) is 5.03. The van der Waals surface area contributed by atoms with E-state index in [9.17, 15) is 4.79 Å². The first kappa shape index (κ1) is 19.3. The lowest BCUT2D eigenvalue weighted by Crippen LogP contribution is -2.32. The SMILES string of the molecule is CCOc1ccc(C2CCN(c3ccc(CN(C)C(C)=O)cc3)CC2)cc1. The molecule has 0 N–H and O–H groups in total. The topological polar surface area (TPSA) is 32.8 Å². The summed E-state index contributed by atoms with van der Waals surface area (Å²) in [6, 6.07) is 17.2. The fourth-order valence-electron chi connectivity index (χ4n) is 3.67. The predicted molar refractivity (Wildman–Crippen MR) is 110 cm³/mol. The maximum absolute atomic E-state index is 11.4. The molecule has 1 aliphatic heterocycles. The molecule has 0 bridgehead atoms. The molecule has 0 aromatic heterocycles. The van der Waals surface area contributed by atoms with Crippen LogP contribution in [0.15, 0.2) is 48.5 Å². The zero-order valence-electron chi connectivity index (χ0n) is 16.6. The van der Waals surface area contributed by atoms with Crippen molar-refractivity contribution in [3.8, 4) is 5.75 Å². The molecule has 3 rings (SSSR count). The van der Waals surface area contributed by atoms with Gasteiger partial charge in [0.15, 0.2) is 0 Å². The molecular formula is C23H30N2O2. The zero-order valence-corrected chi connectivity index (χ0v) is 16.6. The number of piperidine rings is 1. The molecule has 2 aromatic rings. The van der Waals surface area contributed by atoms with Crippen LogP contribution in [0.5, 0.6) is 5.75 Å². The highest BCUT2D eigenvalue weighted by atomic mass is 16.5. The van der Waals surface area contributed by atoms with Gasteiger partial charge in [-0.3, -0.25) is 4.79 Å². The van der Waals surface area contributed by atoms with Crippen molar-refractivity contribution in [2.24, 2.45) is 0 Å². The van der Waals surface area contributed by atoms with E-state index in [0.29, 0.717) is 19.1 Å². The zero-order chi connectivity index (χ0) is 19.2. The number of carbonyl (C=O) groups excluding carboxylic acids is 1. The molecule has 0 spiro atoms. The van der Waals surface area contributed by atoms with E-state index in [0.717, 1.165) is 18.8 Å². The van der Waals surface area contributed by atoms with Crippen LogP contribution < -0.4 is 9.64 Å². The van der Waals surface area contributed by atoms with Crippen molar-refractivity contribution in [3.05, 3.63) is 59.7 Å². The molecule has 144 valence electrons. The molecule has 0 atom stereocenters. The fourth-order valence-corrected chi connectivity index (χ4v) is 3.67. The van der Waals surface area contributed by atoms with Gasteiger partial charge in [0.25, 0.3) is 0 Å². The summed E-state index contributed by atoms with van der Waals surface area (Å²) in [4.78, 5) is 15.6. The van der Waals surface area contributed by atoms with E-state index in [1.807, 2.05) is 14.0 Å². The molecule has 1 fully saturated rings. The van der Waals surface area contributed by atoms with Crippen molar-refractivity contribution in [3.63, 3.8) is 0 Å². The van der Waals surface area contributed by atoms with Crippen molar-refractivity contribution in [1.82, 2.24) is 4.90 Å². The Labute approximate surface area is 162 Å². The van der Waals surface area contributed by atoms with Gasteiger partial charge in [0.2, 0.25) is 5.91 Å². The van der Waals surface area contributed by atoms with Crippen molar-refractivity contribution < 1.29 is 9.53 Å². The van der Waals surface area contributed by atoms with Crippen LogP contribution in [0.2, 0.25) is 0 Å². The Morgan fingerprint density at radius 3 is 2.26 bits per heavy atom. The molecule has 0 unspecified atom stereocenters. The lowest BCUT2D eigenvalue weighted by molar-refractivity contribution is -0.128. The Morgan fingerprint density at radius 2 is 1.70 bits per heavy atom. The summed E-state index contributed by atoms with van der Waals surface area (Å²) in [5, 5.41) is 0. The van der Waals surface area contributed by atoms with Gasteiger partial charge in [-0.2, -0.15) is 0 Å². The number of nitrogens with zero attached hydrogens (tertiary/aromatic N) is 2. The Hall–Kier alpha value is -2.49. The van der Waals surface area contributed by atoms with Crippen LogP contribution in [-0.2, 0) is 11.3 Å². The molecule has 1 amide bonds. The summed E-state index contributed by atoms with van der Waals surface area (Å²) >= 11 is 0. The quantitative estimate of drug-likeness (QED) is 0.757. The predicted octanol–water partition coefficient (Wildman–Crippen LogP) is 4.45. The van der Waals surface area contributed by atoms with Crippen molar-refractivity contribution in [2.75, 3.05) is 31.6 Å². The van der Waals surface area contributed by atoms with Crippen molar-refractivity contribution >= 4 is 11.6 Å². The van der Waals surface area contributed by atoms with Gasteiger partial charge in [0.05, 0.1) is 6.61 Å². The van der Waals surface area contributed by atoms with Crippen LogP contribution in [0.4, 0.5) is 5.69 Å². The highest BCUT2D eigenvalue weighted by Gasteiger charge is 2.21. The summed E-state index contributed by atoms with van der Waals surface area (Å²) < 4.78 is 5.54. The van der Waals surface area contributed by atoms with Crippen molar-refractivity contribution in [2.45, 2.75) is 39.2 Å². The summed E-state index contributed by atoms with van der Waals surface area (Å²) in [6.45, 7) is 7.13. The van der Waals surface area contributed by atoms with Gasteiger partial charge >= 0.3 is 0 Å². The molecule has 1 heterocycles. The monoisotopic (exact) mass is 366 g/mol. The second-order valence-corrected chi connectivity index (χ2v) is 7.30. The maximum atomic E-state index is 11.4. The van der Waals surface area contributed by atoms with E-state index < -0.39 is 0 Å². The van der Waals surface area contributed by atoms with E-state index >= 15 is 0 Å². The van der Waals surface area contributed by atoms with Crippen molar-refractivity contribution in [1.29, 1.82) is 0 Å². The third-order valence-electron chi connectivity index (χ3n) is 5.42. The standard InChI is InChI=1S/C23H30N2O2/c1-4-27-23-11-7-20(8-12-23)21-13-15-25(16-14-21)22-9-5-19(6-10-22)17-24(3)18(2)26/h5-12,21H,4,13-17H2,1-3H3. The number of amides is 1. The lowest BCUT2D eigenvalue weighted by atomic mass is 9.89. The highest BCUT2D eigenvalue weighted by Crippen LogP contribution is 2.31. The van der Waals surface area contributed by atoms with Gasteiger partial charge in [-0.1, -0.05) is 24.3 Å². The lowest BCUT2D eigenvalue weighted by Gasteiger charge is -2.34. The minimum Gasteiger partial charge on any atom is -0.494 e.